The molecular weight excluding hydrogens is 322 g/mol. The second-order valence-electron chi connectivity index (χ2n) is 4.83. The van der Waals surface area contributed by atoms with Crippen molar-refractivity contribution in [2.45, 2.75) is 13.8 Å². The van der Waals surface area contributed by atoms with E-state index in [-0.39, 0.29) is 11.7 Å². The number of para-hydroxylation sites is 1. The zero-order valence-electron chi connectivity index (χ0n) is 11.9. The predicted octanol–water partition coefficient (Wildman–Crippen LogP) is 4.04. The monoisotopic (exact) mass is 333 g/mol. The van der Waals surface area contributed by atoms with Crippen molar-refractivity contribution in [3.63, 3.8) is 0 Å². The molecule has 7 heteroatoms. The Morgan fingerprint density at radius 2 is 2.14 bits per heavy atom. The number of fused-ring (bicyclic) bond motifs is 1. The predicted molar refractivity (Wildman–Crippen MR) is 88.1 cm³/mol. The molecular formula is C15H12ClN3O2S. The Morgan fingerprint density at radius 3 is 2.77 bits per heavy atom. The number of rotatable bonds is 3. The van der Waals surface area contributed by atoms with Gasteiger partial charge in [-0.05, 0) is 19.1 Å². The molecule has 3 aromatic rings. The molecule has 0 unspecified atom stereocenters. The molecule has 0 spiro atoms. The molecule has 3 rings (SSSR count). The van der Waals surface area contributed by atoms with E-state index in [0.29, 0.717) is 31.9 Å². The van der Waals surface area contributed by atoms with Crippen LogP contribution in [0, 0.1) is 6.92 Å². The molecule has 22 heavy (non-hydrogen) atoms. The van der Waals surface area contributed by atoms with Gasteiger partial charge in [0.25, 0.3) is 5.91 Å². The number of halogens is 1. The van der Waals surface area contributed by atoms with Gasteiger partial charge in [-0.3, -0.25) is 14.9 Å². The number of aromatic amines is 1. The van der Waals surface area contributed by atoms with Crippen LogP contribution >= 0.6 is 22.9 Å². The number of carbonyl (C=O) groups excluding carboxylic acids is 2. The maximum Gasteiger partial charge on any atom is 0.273 e. The first-order chi connectivity index (χ1) is 10.5. The number of nitrogens with zero attached hydrogens (tertiary/aromatic N) is 1. The molecule has 1 amide bonds. The van der Waals surface area contributed by atoms with E-state index in [1.165, 1.54) is 18.3 Å². The van der Waals surface area contributed by atoms with Gasteiger partial charge < -0.3 is 4.98 Å². The van der Waals surface area contributed by atoms with Gasteiger partial charge in [0.15, 0.2) is 10.9 Å². The summed E-state index contributed by atoms with van der Waals surface area (Å²) in [6, 6.07) is 7.17. The summed E-state index contributed by atoms with van der Waals surface area (Å²) in [6.45, 7) is 3.22. The zero-order chi connectivity index (χ0) is 15.9. The molecule has 1 aromatic carbocycles. The van der Waals surface area contributed by atoms with Crippen LogP contribution in [0.2, 0.25) is 5.02 Å². The molecule has 0 aliphatic heterocycles. The summed E-state index contributed by atoms with van der Waals surface area (Å²) in [5.41, 5.74) is 1.72. The van der Waals surface area contributed by atoms with E-state index in [1.807, 2.05) is 12.1 Å². The van der Waals surface area contributed by atoms with E-state index >= 15 is 0 Å². The molecule has 0 radical (unpaired) electrons. The molecule has 112 valence electrons. The Morgan fingerprint density at radius 1 is 1.36 bits per heavy atom. The number of anilines is 1. The molecule has 0 atom stereocenters. The third-order valence-corrected chi connectivity index (χ3v) is 4.68. The number of hydrogen-bond acceptors (Lipinski definition) is 4. The molecule has 0 aliphatic carbocycles. The Balaban J connectivity index is 1.88. The molecule has 0 bridgehead atoms. The van der Waals surface area contributed by atoms with Crippen molar-refractivity contribution in [1.29, 1.82) is 0 Å². The number of thiazole rings is 1. The zero-order valence-corrected chi connectivity index (χ0v) is 13.4. The molecule has 2 N–H and O–H groups in total. The number of hydrogen-bond donors (Lipinski definition) is 2. The van der Waals surface area contributed by atoms with Crippen LogP contribution in [-0.2, 0) is 0 Å². The van der Waals surface area contributed by atoms with Crippen LogP contribution in [0.3, 0.4) is 0 Å². The summed E-state index contributed by atoms with van der Waals surface area (Å²) in [7, 11) is 0. The third-order valence-electron chi connectivity index (χ3n) is 3.19. The van der Waals surface area contributed by atoms with Crippen LogP contribution in [0.1, 0.15) is 32.8 Å². The van der Waals surface area contributed by atoms with Crippen molar-refractivity contribution >= 4 is 50.7 Å². The first kappa shape index (κ1) is 14.7. The maximum absolute atomic E-state index is 12.3. The molecule has 2 heterocycles. The summed E-state index contributed by atoms with van der Waals surface area (Å²) in [6.07, 6.45) is 0. The van der Waals surface area contributed by atoms with E-state index in [2.05, 4.69) is 15.3 Å². The van der Waals surface area contributed by atoms with Crippen LogP contribution in [-0.4, -0.2) is 21.7 Å². The second kappa shape index (κ2) is 5.55. The van der Waals surface area contributed by atoms with Crippen LogP contribution in [0.25, 0.3) is 10.9 Å². The van der Waals surface area contributed by atoms with E-state index < -0.39 is 0 Å². The summed E-state index contributed by atoms with van der Waals surface area (Å²) < 4.78 is 0. The molecule has 0 aliphatic rings. The third kappa shape index (κ3) is 2.63. The summed E-state index contributed by atoms with van der Waals surface area (Å²) in [4.78, 5) is 31.4. The Kier molecular flexibility index (Phi) is 3.72. The molecule has 0 fully saturated rings. The van der Waals surface area contributed by atoms with Crippen LogP contribution in [0.15, 0.2) is 24.3 Å². The lowest BCUT2D eigenvalue weighted by Crippen LogP contribution is -2.11. The number of benzene rings is 1. The maximum atomic E-state index is 12.3. The highest BCUT2D eigenvalue weighted by molar-refractivity contribution is 7.17. The SMILES string of the molecule is CC(=O)c1sc(NC(=O)c2cc3cccc(Cl)c3[nH]2)nc1C. The Labute approximate surface area is 135 Å². The average molecular weight is 334 g/mol. The van der Waals surface area contributed by atoms with Gasteiger partial charge in [0, 0.05) is 12.3 Å². The topological polar surface area (TPSA) is 74.8 Å². The van der Waals surface area contributed by atoms with Crippen molar-refractivity contribution in [3.8, 4) is 0 Å². The highest BCUT2D eigenvalue weighted by atomic mass is 35.5. The van der Waals surface area contributed by atoms with Gasteiger partial charge in [0.2, 0.25) is 0 Å². The fourth-order valence-corrected chi connectivity index (χ4v) is 3.27. The number of nitrogens with one attached hydrogen (secondary N) is 2. The molecule has 0 saturated heterocycles. The minimum atomic E-state index is -0.323. The van der Waals surface area contributed by atoms with Crippen LogP contribution in [0.4, 0.5) is 5.13 Å². The van der Waals surface area contributed by atoms with E-state index in [4.69, 9.17) is 11.6 Å². The summed E-state index contributed by atoms with van der Waals surface area (Å²) >= 11 is 7.25. The molecule has 5 nitrogen and oxygen atoms in total. The average Bonchev–Trinajstić information content (AvgIpc) is 3.03. The lowest BCUT2D eigenvalue weighted by atomic mass is 10.2. The number of H-pyrrole nitrogens is 1. The van der Waals surface area contributed by atoms with Crippen molar-refractivity contribution in [3.05, 3.63) is 45.6 Å². The Bertz CT molecular complexity index is 897. The second-order valence-corrected chi connectivity index (χ2v) is 6.24. The van der Waals surface area contributed by atoms with Gasteiger partial charge in [-0.25, -0.2) is 4.98 Å². The standard InChI is InChI=1S/C15H12ClN3O2S/c1-7-13(8(2)20)22-15(17-7)19-14(21)11-6-9-4-3-5-10(16)12(9)18-11/h3-6,18H,1-2H3,(H,17,19,21). The van der Waals surface area contributed by atoms with E-state index in [1.54, 1.807) is 19.1 Å². The summed E-state index contributed by atoms with van der Waals surface area (Å²) in [5.74, 6) is -0.385. The first-order valence-electron chi connectivity index (χ1n) is 6.52. The van der Waals surface area contributed by atoms with Crippen molar-refractivity contribution in [2.75, 3.05) is 5.32 Å². The van der Waals surface area contributed by atoms with Gasteiger partial charge in [-0.15, -0.1) is 0 Å². The number of carbonyl (C=O) groups is 2. The lowest BCUT2D eigenvalue weighted by molar-refractivity contribution is 0.101. The quantitative estimate of drug-likeness (QED) is 0.710. The fourth-order valence-electron chi connectivity index (χ4n) is 2.18. The van der Waals surface area contributed by atoms with E-state index in [9.17, 15) is 9.59 Å². The van der Waals surface area contributed by atoms with Gasteiger partial charge in [-0.2, -0.15) is 0 Å². The number of Topliss-reactive ketones (excluding diaryl/α,β-unsaturated/α-hetero) is 1. The smallest absolute Gasteiger partial charge is 0.273 e. The minimum absolute atomic E-state index is 0.0621. The largest absolute Gasteiger partial charge is 0.349 e. The van der Waals surface area contributed by atoms with Crippen LogP contribution < -0.4 is 5.32 Å². The molecule has 2 aromatic heterocycles. The normalized spacial score (nSPS) is 10.9. The van der Waals surface area contributed by atoms with Gasteiger partial charge in [0.05, 0.1) is 21.1 Å². The van der Waals surface area contributed by atoms with Crippen molar-refractivity contribution < 1.29 is 9.59 Å². The summed E-state index contributed by atoms with van der Waals surface area (Å²) in [5, 5.41) is 4.51. The van der Waals surface area contributed by atoms with Gasteiger partial charge >= 0.3 is 0 Å². The molecule has 0 saturated carbocycles. The number of aromatic nitrogens is 2. The van der Waals surface area contributed by atoms with Crippen molar-refractivity contribution in [1.82, 2.24) is 9.97 Å². The number of amides is 1. The highest BCUT2D eigenvalue weighted by Gasteiger charge is 2.16. The first-order valence-corrected chi connectivity index (χ1v) is 7.72. The number of aryl methyl sites for hydroxylation is 1. The van der Waals surface area contributed by atoms with Gasteiger partial charge in [-0.1, -0.05) is 35.1 Å². The lowest BCUT2D eigenvalue weighted by Gasteiger charge is -1.98. The number of ketones is 1. The fraction of sp³-hybridized carbons (Fsp3) is 0.133. The van der Waals surface area contributed by atoms with Crippen molar-refractivity contribution in [2.24, 2.45) is 0 Å². The van der Waals surface area contributed by atoms with E-state index in [0.717, 1.165) is 5.39 Å². The van der Waals surface area contributed by atoms with Gasteiger partial charge in [0.1, 0.15) is 5.69 Å². The Hall–Kier alpha value is -2.18. The van der Waals surface area contributed by atoms with Crippen LogP contribution in [0.5, 0.6) is 0 Å². The highest BCUT2D eigenvalue weighted by Crippen LogP contribution is 2.26. The minimum Gasteiger partial charge on any atom is -0.349 e.